The summed E-state index contributed by atoms with van der Waals surface area (Å²) in [5.41, 5.74) is 30.4. The lowest BCUT2D eigenvalue weighted by molar-refractivity contribution is 0.487. The molecule has 0 saturated heterocycles. The third-order valence-corrected chi connectivity index (χ3v) is 21.3. The number of ether oxygens (including phenoxy) is 2. The molecule has 0 spiro atoms. The summed E-state index contributed by atoms with van der Waals surface area (Å²) in [5.74, 6) is 3.48. The van der Waals surface area contributed by atoms with Gasteiger partial charge in [0.2, 0.25) is 0 Å². The summed E-state index contributed by atoms with van der Waals surface area (Å²) in [6.45, 7) is -0.329. The van der Waals surface area contributed by atoms with Crippen LogP contribution in [-0.4, -0.2) is 13.4 Å². The van der Waals surface area contributed by atoms with Crippen molar-refractivity contribution in [3.63, 3.8) is 0 Å². The quantitative estimate of drug-likeness (QED) is 0.112. The molecule has 4 heterocycles. The normalized spacial score (nSPS) is 12.7. The monoisotopic (exact) mass is 1320 g/mol. The summed E-state index contributed by atoms with van der Waals surface area (Å²) >= 11 is 8.21. The Bertz CT molecular complexity index is 5380. The van der Waals surface area contributed by atoms with Crippen molar-refractivity contribution in [1.29, 1.82) is 0 Å². The molecule has 0 radical (unpaired) electrons. The van der Waals surface area contributed by atoms with E-state index in [1.54, 1.807) is 0 Å². The van der Waals surface area contributed by atoms with Crippen molar-refractivity contribution >= 4 is 110 Å². The Morgan fingerprint density at radius 2 is 0.521 bits per heavy atom. The smallest absolute Gasteiger partial charge is 0.252 e. The minimum absolute atomic E-state index is 0.165. The van der Waals surface area contributed by atoms with Crippen molar-refractivity contribution in [3.8, 4) is 134 Å². The number of hydrogen-bond acceptors (Lipinski definition) is 2. The maximum atomic E-state index is 7.16. The van der Waals surface area contributed by atoms with Crippen LogP contribution in [0, 0.1) is 0 Å². The molecule has 0 unspecified atom stereocenters. The molecule has 94 heavy (non-hydrogen) atoms. The van der Waals surface area contributed by atoms with Gasteiger partial charge in [0.1, 0.15) is 23.0 Å². The van der Waals surface area contributed by atoms with Gasteiger partial charge in [-0.3, -0.25) is 0 Å². The van der Waals surface area contributed by atoms with Crippen LogP contribution in [0.3, 0.4) is 0 Å². The van der Waals surface area contributed by atoms with Crippen LogP contribution in [0.2, 0.25) is 0 Å². The van der Waals surface area contributed by atoms with Crippen molar-refractivity contribution in [2.24, 2.45) is 0 Å². The zero-order chi connectivity index (χ0) is 61.9. The van der Waals surface area contributed by atoms with Gasteiger partial charge in [0.05, 0.1) is 0 Å². The Morgan fingerprint density at radius 1 is 0.213 bits per heavy atom. The molecule has 2 nitrogen and oxygen atoms in total. The summed E-state index contributed by atoms with van der Waals surface area (Å²) in [5, 5.41) is 7.45. The van der Waals surface area contributed by atoms with Gasteiger partial charge in [-0.1, -0.05) is 273 Å². The van der Waals surface area contributed by atoms with E-state index in [1.807, 2.05) is 0 Å². The van der Waals surface area contributed by atoms with Gasteiger partial charge in [0, 0.05) is 8.95 Å². The van der Waals surface area contributed by atoms with Crippen molar-refractivity contribution < 1.29 is 9.47 Å². The fourth-order valence-corrected chi connectivity index (χ4v) is 17.5. The van der Waals surface area contributed by atoms with E-state index in [9.17, 15) is 0 Å². The number of hydrogen-bond donors (Lipinski definition) is 0. The van der Waals surface area contributed by atoms with Crippen LogP contribution in [0.4, 0.5) is 0 Å². The van der Waals surface area contributed by atoms with Gasteiger partial charge in [-0.25, -0.2) is 0 Å². The minimum atomic E-state index is -0.165. The molecule has 0 fully saturated rings. The van der Waals surface area contributed by atoms with Crippen LogP contribution in [-0.2, 0) is 0 Å². The first-order valence-electron chi connectivity index (χ1n) is 32.2. The molecule has 4 aliphatic heterocycles. The SMILES string of the molecule is Brc1cc2c3c(c1)-c1cc(-c4c(-c5ccccc5)cc(-c5ccccc5)cc4-c4ccccc4)c4cc5c6c(cc(-c7c(-c8ccccc8)cc(-c8ccccc8)cc7-c7ccccc7)c7cc(c1c4c76)B3c1ccccc1O2)-c1cc(Br)cc2c1B5c1ccccc1O2. The van der Waals surface area contributed by atoms with E-state index in [-0.39, 0.29) is 13.4 Å². The van der Waals surface area contributed by atoms with Crippen molar-refractivity contribution in [1.82, 2.24) is 0 Å². The third-order valence-electron chi connectivity index (χ3n) is 20.4. The second kappa shape index (κ2) is 20.9. The second-order valence-corrected chi connectivity index (χ2v) is 27.3. The number of rotatable bonds is 8. The number of para-hydroxylation sites is 2. The van der Waals surface area contributed by atoms with Crippen LogP contribution in [0.1, 0.15) is 0 Å². The highest BCUT2D eigenvalue weighted by Gasteiger charge is 2.45. The van der Waals surface area contributed by atoms with Crippen molar-refractivity contribution in [3.05, 3.63) is 312 Å². The lowest BCUT2D eigenvalue weighted by Crippen LogP contribution is -2.58. The summed E-state index contributed by atoms with van der Waals surface area (Å²) < 4.78 is 16.3. The third kappa shape index (κ3) is 8.03. The Kier molecular flexibility index (Phi) is 12.0. The van der Waals surface area contributed by atoms with Gasteiger partial charge >= 0.3 is 0 Å². The van der Waals surface area contributed by atoms with E-state index in [4.69, 9.17) is 9.47 Å². The average molecular weight is 1320 g/mol. The fourth-order valence-electron chi connectivity index (χ4n) is 16.6. The van der Waals surface area contributed by atoms with Gasteiger partial charge in [0.25, 0.3) is 13.4 Å². The topological polar surface area (TPSA) is 18.5 Å². The van der Waals surface area contributed by atoms with E-state index >= 15 is 0 Å². The number of fused-ring (bicyclic) bond motifs is 8. The fraction of sp³-hybridized carbons (Fsp3) is 0. The molecule has 0 bridgehead atoms. The molecule has 0 aromatic heterocycles. The highest BCUT2D eigenvalue weighted by atomic mass is 79.9. The first-order valence-corrected chi connectivity index (χ1v) is 33.8. The largest absolute Gasteiger partial charge is 0.458 e. The van der Waals surface area contributed by atoms with Crippen LogP contribution in [0.15, 0.2) is 312 Å². The Balaban J connectivity index is 1.05. The summed E-state index contributed by atoms with van der Waals surface area (Å²) in [6, 6.07) is 113. The summed E-state index contributed by atoms with van der Waals surface area (Å²) in [4.78, 5) is 0. The molecule has 4 aliphatic rings. The molecule has 16 aromatic rings. The minimum Gasteiger partial charge on any atom is -0.458 e. The maximum Gasteiger partial charge on any atom is 0.252 e. The zero-order valence-corrected chi connectivity index (χ0v) is 53.8. The Morgan fingerprint density at radius 3 is 0.862 bits per heavy atom. The molecule has 0 amide bonds. The highest BCUT2D eigenvalue weighted by molar-refractivity contribution is 9.10. The predicted molar refractivity (Wildman–Crippen MR) is 402 cm³/mol. The average Bonchev–Trinajstić information content (AvgIpc) is 0.666. The van der Waals surface area contributed by atoms with Crippen molar-refractivity contribution in [2.75, 3.05) is 0 Å². The molecule has 16 aromatic carbocycles. The molecule has 20 rings (SSSR count). The first-order chi connectivity index (χ1) is 46.5. The van der Waals surface area contributed by atoms with Crippen LogP contribution in [0.25, 0.3) is 144 Å². The summed E-state index contributed by atoms with van der Waals surface area (Å²) in [7, 11) is 0. The lowest BCUT2D eigenvalue weighted by Gasteiger charge is -2.38. The zero-order valence-electron chi connectivity index (χ0n) is 50.6. The van der Waals surface area contributed by atoms with Crippen LogP contribution >= 0.6 is 31.9 Å². The predicted octanol–water partition coefficient (Wildman–Crippen LogP) is 20.6. The van der Waals surface area contributed by atoms with E-state index in [0.29, 0.717) is 0 Å². The van der Waals surface area contributed by atoms with Gasteiger partial charge in [-0.2, -0.15) is 0 Å². The van der Waals surface area contributed by atoms with Crippen molar-refractivity contribution in [2.45, 2.75) is 0 Å². The molecule has 0 N–H and O–H groups in total. The van der Waals surface area contributed by atoms with E-state index in [1.165, 1.54) is 87.5 Å². The van der Waals surface area contributed by atoms with Gasteiger partial charge in [-0.05, 0) is 238 Å². The molecule has 434 valence electrons. The van der Waals surface area contributed by atoms with Gasteiger partial charge in [0.15, 0.2) is 0 Å². The molecular weight excluding hydrogens is 1270 g/mol. The molecular formula is C88H50B2Br2O2. The van der Waals surface area contributed by atoms with Crippen LogP contribution < -0.4 is 42.3 Å². The molecule has 6 heteroatoms. The number of halogens is 2. The first kappa shape index (κ1) is 53.9. The second-order valence-electron chi connectivity index (χ2n) is 25.4. The maximum absolute atomic E-state index is 7.16. The molecule has 0 atom stereocenters. The molecule has 0 saturated carbocycles. The number of benzene rings is 16. The van der Waals surface area contributed by atoms with Gasteiger partial charge < -0.3 is 9.47 Å². The van der Waals surface area contributed by atoms with Crippen LogP contribution in [0.5, 0.6) is 23.0 Å². The standard InChI is InChI=1S/C88H50B2Br2O2/c91-59-43-71-67-47-65(81-61(53-27-11-3-12-28-53)39-57(51-23-7-1-8-24-51)40-62(81)54-29-13-4-14-30-54)69-49-75-84-68(72-44-60(92)46-80-88(72)89(75)73-35-19-21-37-77(73)94-80)48-66(70-50-76(83(67)85(69)86(70)84)90-74-36-20-22-38-78(74)93-79(45-59)87(71)90)82-63(55-31-15-5-16-32-55)41-58(52-25-9-2-10-26-52)42-64(82)56-33-17-6-18-34-56/h1-50H. The lowest BCUT2D eigenvalue weighted by atomic mass is 9.32. The molecule has 0 aliphatic carbocycles. The summed E-state index contributed by atoms with van der Waals surface area (Å²) in [6.07, 6.45) is 0. The van der Waals surface area contributed by atoms with E-state index in [2.05, 4.69) is 335 Å². The van der Waals surface area contributed by atoms with E-state index in [0.717, 1.165) is 121 Å². The van der Waals surface area contributed by atoms with E-state index < -0.39 is 0 Å². The van der Waals surface area contributed by atoms with Gasteiger partial charge in [-0.15, -0.1) is 0 Å². The Hall–Kier alpha value is -10.8. The highest BCUT2D eigenvalue weighted by Crippen LogP contribution is 2.56. The Labute approximate surface area is 562 Å².